The van der Waals surface area contributed by atoms with Gasteiger partial charge in [-0.25, -0.2) is 4.79 Å². The highest BCUT2D eigenvalue weighted by atomic mass is 16.5. The zero-order valence-electron chi connectivity index (χ0n) is 12.8. The molecule has 2 N–H and O–H groups in total. The molecule has 7 nitrogen and oxygen atoms in total. The van der Waals surface area contributed by atoms with E-state index in [-0.39, 0.29) is 12.8 Å². The Hall–Kier alpha value is -2.57. The second-order valence-electron chi connectivity index (χ2n) is 4.49. The van der Waals surface area contributed by atoms with Crippen molar-refractivity contribution < 1.29 is 23.9 Å². The highest BCUT2D eigenvalue weighted by Gasteiger charge is 2.23. The molecular formula is C15H20N2O5. The minimum atomic E-state index is -0.902. The average molecular weight is 308 g/mol. The fraction of sp³-hybridized carbons (Fsp3) is 0.400. The molecule has 0 aliphatic rings. The predicted octanol–water partition coefficient (Wildman–Crippen LogP) is 0.953. The van der Waals surface area contributed by atoms with Gasteiger partial charge in [0.2, 0.25) is 0 Å². The topological polar surface area (TPSA) is 93.7 Å². The number of ether oxygens (including phenoxy) is 2. The molecule has 22 heavy (non-hydrogen) atoms. The van der Waals surface area contributed by atoms with Crippen LogP contribution in [0.15, 0.2) is 24.3 Å². The van der Waals surface area contributed by atoms with Crippen LogP contribution in [0.4, 0.5) is 5.69 Å². The van der Waals surface area contributed by atoms with Crippen LogP contribution in [0.2, 0.25) is 0 Å². The molecule has 7 heteroatoms. The molecule has 0 aromatic heterocycles. The van der Waals surface area contributed by atoms with Gasteiger partial charge >= 0.3 is 11.9 Å². The van der Waals surface area contributed by atoms with Gasteiger partial charge in [0.25, 0.3) is 5.91 Å². The van der Waals surface area contributed by atoms with E-state index in [9.17, 15) is 14.4 Å². The van der Waals surface area contributed by atoms with Gasteiger partial charge < -0.3 is 20.1 Å². The minimum absolute atomic E-state index is 0.00917. The summed E-state index contributed by atoms with van der Waals surface area (Å²) in [5.41, 5.74) is 1.28. The van der Waals surface area contributed by atoms with Crippen molar-refractivity contribution in [2.45, 2.75) is 18.9 Å². The lowest BCUT2D eigenvalue weighted by Gasteiger charge is -2.16. The Labute approximate surface area is 129 Å². The van der Waals surface area contributed by atoms with Gasteiger partial charge in [-0.1, -0.05) is 0 Å². The summed E-state index contributed by atoms with van der Waals surface area (Å²) in [6.07, 6.45) is 0.120. The smallest absolute Gasteiger partial charge is 0.328 e. The van der Waals surface area contributed by atoms with Crippen molar-refractivity contribution in [2.24, 2.45) is 0 Å². The number of hydrogen-bond acceptors (Lipinski definition) is 6. The number of anilines is 1. The third-order valence-corrected chi connectivity index (χ3v) is 3.09. The lowest BCUT2D eigenvalue weighted by molar-refractivity contribution is -0.144. The Balaban J connectivity index is 2.72. The summed E-state index contributed by atoms with van der Waals surface area (Å²) in [6, 6.07) is 5.86. The third-order valence-electron chi connectivity index (χ3n) is 3.09. The summed E-state index contributed by atoms with van der Waals surface area (Å²) in [7, 11) is 4.26. The number of methoxy groups -OCH3 is 2. The number of amides is 1. The molecule has 0 aliphatic heterocycles. The zero-order chi connectivity index (χ0) is 16.5. The van der Waals surface area contributed by atoms with Gasteiger partial charge in [0.05, 0.1) is 14.2 Å². The molecule has 0 saturated heterocycles. The van der Waals surface area contributed by atoms with Crippen LogP contribution in [0.25, 0.3) is 0 Å². The Morgan fingerprint density at radius 3 is 2.23 bits per heavy atom. The van der Waals surface area contributed by atoms with Crippen LogP contribution in [-0.4, -0.2) is 45.2 Å². The molecule has 1 rings (SSSR count). The second kappa shape index (κ2) is 8.66. The first kappa shape index (κ1) is 17.5. The molecule has 0 aliphatic carbocycles. The minimum Gasteiger partial charge on any atom is -0.469 e. The van der Waals surface area contributed by atoms with E-state index in [1.807, 2.05) is 0 Å². The fourth-order valence-corrected chi connectivity index (χ4v) is 1.79. The monoisotopic (exact) mass is 308 g/mol. The summed E-state index contributed by atoms with van der Waals surface area (Å²) in [5.74, 6) is -1.48. The number of esters is 2. The molecule has 1 atom stereocenters. The van der Waals surface area contributed by atoms with E-state index < -0.39 is 23.9 Å². The summed E-state index contributed by atoms with van der Waals surface area (Å²) in [6.45, 7) is 0. The maximum Gasteiger partial charge on any atom is 0.328 e. The van der Waals surface area contributed by atoms with E-state index in [1.54, 1.807) is 31.3 Å². The summed E-state index contributed by atoms with van der Waals surface area (Å²) >= 11 is 0. The Kier molecular flexibility index (Phi) is 6.88. The molecule has 0 unspecified atom stereocenters. The van der Waals surface area contributed by atoms with Crippen LogP contribution in [-0.2, 0) is 19.1 Å². The van der Waals surface area contributed by atoms with Crippen molar-refractivity contribution in [2.75, 3.05) is 26.6 Å². The number of hydrogen-bond donors (Lipinski definition) is 2. The quantitative estimate of drug-likeness (QED) is 0.729. The van der Waals surface area contributed by atoms with E-state index in [0.29, 0.717) is 5.56 Å². The largest absolute Gasteiger partial charge is 0.469 e. The Bertz CT molecular complexity index is 527. The van der Waals surface area contributed by atoms with Gasteiger partial charge in [-0.3, -0.25) is 9.59 Å². The SMILES string of the molecule is CNc1ccc(C(=O)N[C@@H](CCC(=O)OC)C(=O)OC)cc1. The van der Waals surface area contributed by atoms with Crippen LogP contribution in [0.3, 0.4) is 0 Å². The molecule has 1 aromatic rings. The summed E-state index contributed by atoms with van der Waals surface area (Å²) < 4.78 is 9.15. The number of rotatable bonds is 7. The van der Waals surface area contributed by atoms with Crippen molar-refractivity contribution in [1.82, 2.24) is 5.32 Å². The Morgan fingerprint density at radius 2 is 1.73 bits per heavy atom. The van der Waals surface area contributed by atoms with Crippen LogP contribution in [0.5, 0.6) is 0 Å². The lowest BCUT2D eigenvalue weighted by Crippen LogP contribution is -2.41. The first-order valence-electron chi connectivity index (χ1n) is 6.75. The average Bonchev–Trinajstić information content (AvgIpc) is 2.57. The summed E-state index contributed by atoms with van der Waals surface area (Å²) in [5, 5.41) is 5.50. The second-order valence-corrected chi connectivity index (χ2v) is 4.49. The molecule has 0 spiro atoms. The van der Waals surface area contributed by atoms with Crippen molar-refractivity contribution >= 4 is 23.5 Å². The van der Waals surface area contributed by atoms with Crippen molar-refractivity contribution in [3.63, 3.8) is 0 Å². The van der Waals surface area contributed by atoms with Crippen molar-refractivity contribution in [3.05, 3.63) is 29.8 Å². The first-order valence-corrected chi connectivity index (χ1v) is 6.75. The molecular weight excluding hydrogens is 288 g/mol. The van der Waals surface area contributed by atoms with E-state index in [2.05, 4.69) is 20.1 Å². The van der Waals surface area contributed by atoms with Gasteiger partial charge in [-0.05, 0) is 30.7 Å². The van der Waals surface area contributed by atoms with E-state index >= 15 is 0 Å². The zero-order valence-corrected chi connectivity index (χ0v) is 12.8. The molecule has 0 heterocycles. The maximum atomic E-state index is 12.1. The van der Waals surface area contributed by atoms with E-state index in [1.165, 1.54) is 14.2 Å². The summed E-state index contributed by atoms with van der Waals surface area (Å²) in [4.78, 5) is 35.0. The highest BCUT2D eigenvalue weighted by Crippen LogP contribution is 2.09. The first-order chi connectivity index (χ1) is 10.5. The predicted molar refractivity (Wildman–Crippen MR) is 80.5 cm³/mol. The molecule has 0 bridgehead atoms. The molecule has 1 aromatic carbocycles. The number of carbonyl (C=O) groups is 3. The van der Waals surface area contributed by atoms with Gasteiger partial charge in [0.15, 0.2) is 0 Å². The van der Waals surface area contributed by atoms with Crippen LogP contribution < -0.4 is 10.6 Å². The molecule has 0 fully saturated rings. The van der Waals surface area contributed by atoms with Crippen molar-refractivity contribution in [1.29, 1.82) is 0 Å². The molecule has 1 amide bonds. The molecule has 0 saturated carbocycles. The third kappa shape index (κ3) is 5.08. The Morgan fingerprint density at radius 1 is 1.09 bits per heavy atom. The van der Waals surface area contributed by atoms with Crippen LogP contribution >= 0.6 is 0 Å². The van der Waals surface area contributed by atoms with Crippen molar-refractivity contribution in [3.8, 4) is 0 Å². The van der Waals surface area contributed by atoms with E-state index in [4.69, 9.17) is 0 Å². The number of nitrogens with one attached hydrogen (secondary N) is 2. The maximum absolute atomic E-state index is 12.1. The van der Waals surface area contributed by atoms with Crippen LogP contribution in [0, 0.1) is 0 Å². The van der Waals surface area contributed by atoms with Gasteiger partial charge in [0.1, 0.15) is 6.04 Å². The fourth-order valence-electron chi connectivity index (χ4n) is 1.79. The number of carbonyl (C=O) groups excluding carboxylic acids is 3. The van der Waals surface area contributed by atoms with Crippen LogP contribution in [0.1, 0.15) is 23.2 Å². The molecule has 120 valence electrons. The molecule has 0 radical (unpaired) electrons. The van der Waals surface area contributed by atoms with E-state index in [0.717, 1.165) is 5.69 Å². The van der Waals surface area contributed by atoms with Gasteiger partial charge in [0, 0.05) is 24.7 Å². The number of benzene rings is 1. The highest BCUT2D eigenvalue weighted by molar-refractivity contribution is 5.97. The normalized spacial score (nSPS) is 11.2. The van der Waals surface area contributed by atoms with Gasteiger partial charge in [-0.2, -0.15) is 0 Å². The standard InChI is InChI=1S/C15H20N2O5/c1-16-11-6-4-10(5-7-11)14(19)17-12(15(20)22-3)8-9-13(18)21-2/h4-7,12,16H,8-9H2,1-3H3,(H,17,19)/t12-/m0/s1. The van der Waals surface area contributed by atoms with Gasteiger partial charge in [-0.15, -0.1) is 0 Å². The lowest BCUT2D eigenvalue weighted by atomic mass is 10.1.